The van der Waals surface area contributed by atoms with Crippen LogP contribution in [-0.2, 0) is 13.2 Å². The first-order valence-corrected chi connectivity index (χ1v) is 9.23. The van der Waals surface area contributed by atoms with Gasteiger partial charge in [0.05, 0.1) is 18.4 Å². The number of aryl methyl sites for hydroxylation is 2. The maximum absolute atomic E-state index is 5.86. The van der Waals surface area contributed by atoms with Crippen LogP contribution in [0.3, 0.4) is 0 Å². The van der Waals surface area contributed by atoms with Gasteiger partial charge in [-0.25, -0.2) is 19.6 Å². The summed E-state index contributed by atoms with van der Waals surface area (Å²) in [6.07, 6.45) is 4.25. The summed E-state index contributed by atoms with van der Waals surface area (Å²) in [5, 5.41) is 4.57. The molecule has 0 atom stereocenters. The van der Waals surface area contributed by atoms with E-state index in [-0.39, 0.29) is 6.61 Å². The van der Waals surface area contributed by atoms with E-state index in [4.69, 9.17) is 9.47 Å². The molecule has 0 saturated heterocycles. The van der Waals surface area contributed by atoms with Crippen molar-refractivity contribution in [2.45, 2.75) is 45.8 Å². The largest absolute Gasteiger partial charge is 0.493 e. The summed E-state index contributed by atoms with van der Waals surface area (Å²) in [4.78, 5) is 13.9. The lowest BCUT2D eigenvalue weighted by Gasteiger charge is -2.08. The average molecular weight is 365 g/mol. The number of rotatable bonds is 7. The van der Waals surface area contributed by atoms with Crippen LogP contribution >= 0.6 is 0 Å². The number of para-hydroxylation sites is 2. The second-order valence-corrected chi connectivity index (χ2v) is 6.61. The van der Waals surface area contributed by atoms with Gasteiger partial charge >= 0.3 is 0 Å². The highest BCUT2D eigenvalue weighted by Crippen LogP contribution is 2.38. The first-order chi connectivity index (χ1) is 13.2. The van der Waals surface area contributed by atoms with Crippen molar-refractivity contribution < 1.29 is 9.47 Å². The van der Waals surface area contributed by atoms with Gasteiger partial charge in [-0.15, -0.1) is 0 Å². The van der Waals surface area contributed by atoms with E-state index in [0.29, 0.717) is 29.8 Å². The van der Waals surface area contributed by atoms with Crippen molar-refractivity contribution in [1.82, 2.24) is 24.7 Å². The molecule has 0 unspecified atom stereocenters. The summed E-state index contributed by atoms with van der Waals surface area (Å²) < 4.78 is 13.0. The third-order valence-corrected chi connectivity index (χ3v) is 4.62. The molecule has 140 valence electrons. The topological polar surface area (TPSA) is 75.0 Å². The molecule has 1 saturated carbocycles. The lowest BCUT2D eigenvalue weighted by molar-refractivity contribution is 0.276. The second kappa shape index (κ2) is 7.34. The van der Waals surface area contributed by atoms with Crippen molar-refractivity contribution in [3.63, 3.8) is 0 Å². The number of aromatic nitrogens is 5. The van der Waals surface area contributed by atoms with E-state index in [9.17, 15) is 0 Å². The molecule has 1 fully saturated rings. The fourth-order valence-electron chi connectivity index (χ4n) is 2.99. The Labute approximate surface area is 158 Å². The first kappa shape index (κ1) is 17.5. The third kappa shape index (κ3) is 3.63. The van der Waals surface area contributed by atoms with Crippen LogP contribution in [0.5, 0.6) is 11.5 Å². The molecule has 27 heavy (non-hydrogen) atoms. The van der Waals surface area contributed by atoms with Gasteiger partial charge in [-0.05, 0) is 38.8 Å². The van der Waals surface area contributed by atoms with Gasteiger partial charge in [0.2, 0.25) is 0 Å². The molecule has 0 bridgehead atoms. The zero-order chi connectivity index (χ0) is 18.8. The molecule has 1 aromatic carbocycles. The Morgan fingerprint density at radius 2 is 1.93 bits per heavy atom. The van der Waals surface area contributed by atoms with Crippen molar-refractivity contribution in [1.29, 1.82) is 0 Å². The predicted octanol–water partition coefficient (Wildman–Crippen LogP) is 3.53. The Bertz CT molecular complexity index is 949. The second-order valence-electron chi connectivity index (χ2n) is 6.61. The number of ether oxygens (including phenoxy) is 2. The smallest absolute Gasteiger partial charge is 0.188 e. The molecule has 3 aromatic rings. The Kier molecular flexibility index (Phi) is 4.75. The average Bonchev–Trinajstić information content (AvgIpc) is 3.47. The van der Waals surface area contributed by atoms with Gasteiger partial charge in [-0.1, -0.05) is 12.1 Å². The van der Waals surface area contributed by atoms with Gasteiger partial charge in [-0.2, -0.15) is 5.10 Å². The molecule has 2 heterocycles. The minimum atomic E-state index is 0.264. The lowest BCUT2D eigenvalue weighted by Crippen LogP contribution is -2.04. The van der Waals surface area contributed by atoms with Crippen molar-refractivity contribution >= 4 is 0 Å². The Balaban J connectivity index is 1.57. The van der Waals surface area contributed by atoms with Gasteiger partial charge in [-0.3, -0.25) is 0 Å². The Hall–Kier alpha value is -2.96. The highest BCUT2D eigenvalue weighted by molar-refractivity contribution is 5.57. The summed E-state index contributed by atoms with van der Waals surface area (Å²) in [7, 11) is 1.62. The standard InChI is InChI=1S/C20H23N5O2/c1-4-25-20(15-11-21-19(14-9-10-14)22-13(15)2)23-18(24-25)12-27-17-8-6-5-7-16(17)26-3/h5-8,11,14H,4,9-10,12H2,1-3H3. The van der Waals surface area contributed by atoms with E-state index in [1.54, 1.807) is 7.11 Å². The predicted molar refractivity (Wildman–Crippen MR) is 101 cm³/mol. The number of nitrogens with zero attached hydrogens (tertiary/aromatic N) is 5. The first-order valence-electron chi connectivity index (χ1n) is 9.23. The molecule has 2 aromatic heterocycles. The maximum atomic E-state index is 5.86. The molecule has 7 heteroatoms. The molecule has 1 aliphatic carbocycles. The van der Waals surface area contributed by atoms with E-state index in [1.807, 2.05) is 49.0 Å². The van der Waals surface area contributed by atoms with Crippen molar-refractivity contribution in [2.24, 2.45) is 0 Å². The van der Waals surface area contributed by atoms with E-state index in [0.717, 1.165) is 22.9 Å². The van der Waals surface area contributed by atoms with Crippen molar-refractivity contribution in [3.05, 3.63) is 47.8 Å². The van der Waals surface area contributed by atoms with E-state index in [1.165, 1.54) is 12.8 Å². The third-order valence-electron chi connectivity index (χ3n) is 4.62. The van der Waals surface area contributed by atoms with Crippen LogP contribution < -0.4 is 9.47 Å². The van der Waals surface area contributed by atoms with Crippen LogP contribution in [0.4, 0.5) is 0 Å². The monoisotopic (exact) mass is 365 g/mol. The quantitative estimate of drug-likeness (QED) is 0.638. The van der Waals surface area contributed by atoms with Crippen LogP contribution in [0.1, 0.15) is 43.0 Å². The zero-order valence-corrected chi connectivity index (χ0v) is 15.8. The summed E-state index contributed by atoms with van der Waals surface area (Å²) in [5.41, 5.74) is 1.85. The molecule has 1 aliphatic rings. The fraction of sp³-hybridized carbons (Fsp3) is 0.400. The molecule has 0 spiro atoms. The van der Waals surface area contributed by atoms with Crippen molar-refractivity contribution in [3.8, 4) is 22.9 Å². The normalized spacial score (nSPS) is 13.6. The maximum Gasteiger partial charge on any atom is 0.188 e. The molecular formula is C20H23N5O2. The van der Waals surface area contributed by atoms with Crippen LogP contribution in [0.25, 0.3) is 11.4 Å². The number of hydrogen-bond donors (Lipinski definition) is 0. The molecule has 7 nitrogen and oxygen atoms in total. The van der Waals surface area contributed by atoms with Gasteiger partial charge in [0.1, 0.15) is 12.4 Å². The molecule has 0 amide bonds. The van der Waals surface area contributed by atoms with Crippen molar-refractivity contribution in [2.75, 3.05) is 7.11 Å². The molecule has 0 N–H and O–H groups in total. The van der Waals surface area contributed by atoms with E-state index >= 15 is 0 Å². The molecular weight excluding hydrogens is 342 g/mol. The summed E-state index contributed by atoms with van der Waals surface area (Å²) in [5.74, 6) is 4.22. The lowest BCUT2D eigenvalue weighted by atomic mass is 10.2. The van der Waals surface area contributed by atoms with Crippen LogP contribution in [-0.4, -0.2) is 31.8 Å². The summed E-state index contributed by atoms with van der Waals surface area (Å²) in [6, 6.07) is 7.54. The number of methoxy groups -OCH3 is 1. The summed E-state index contributed by atoms with van der Waals surface area (Å²) in [6.45, 7) is 5.02. The molecule has 0 aliphatic heterocycles. The van der Waals surface area contributed by atoms with Gasteiger partial charge in [0.25, 0.3) is 0 Å². The number of benzene rings is 1. The minimum Gasteiger partial charge on any atom is -0.493 e. The van der Waals surface area contributed by atoms with Crippen LogP contribution in [0.15, 0.2) is 30.5 Å². The Morgan fingerprint density at radius 1 is 1.15 bits per heavy atom. The van der Waals surface area contributed by atoms with E-state index in [2.05, 4.69) is 20.1 Å². The molecule has 4 rings (SSSR count). The van der Waals surface area contributed by atoms with Crippen LogP contribution in [0.2, 0.25) is 0 Å². The highest BCUT2D eigenvalue weighted by Gasteiger charge is 2.27. The summed E-state index contributed by atoms with van der Waals surface area (Å²) >= 11 is 0. The van der Waals surface area contributed by atoms with E-state index < -0.39 is 0 Å². The Morgan fingerprint density at radius 3 is 2.59 bits per heavy atom. The van der Waals surface area contributed by atoms with Crippen LogP contribution in [0, 0.1) is 6.92 Å². The van der Waals surface area contributed by atoms with Gasteiger partial charge in [0, 0.05) is 18.7 Å². The molecule has 0 radical (unpaired) electrons. The highest BCUT2D eigenvalue weighted by atomic mass is 16.5. The zero-order valence-electron chi connectivity index (χ0n) is 15.8. The van der Waals surface area contributed by atoms with Gasteiger partial charge in [0.15, 0.2) is 23.1 Å². The van der Waals surface area contributed by atoms with Gasteiger partial charge < -0.3 is 9.47 Å². The SMILES string of the molecule is CCn1nc(COc2ccccc2OC)nc1-c1cnc(C2CC2)nc1C. The fourth-order valence-corrected chi connectivity index (χ4v) is 2.99. The minimum absolute atomic E-state index is 0.264. The number of hydrogen-bond acceptors (Lipinski definition) is 6.